The molecule has 0 fully saturated rings. The molecule has 0 atom stereocenters. The van der Waals surface area contributed by atoms with E-state index < -0.39 is 0 Å². The Morgan fingerprint density at radius 1 is 1.05 bits per heavy atom. The van der Waals surface area contributed by atoms with Crippen LogP contribution in [0.15, 0.2) is 47.1 Å². The van der Waals surface area contributed by atoms with E-state index in [0.29, 0.717) is 0 Å². The average molecular weight is 258 g/mol. The standard InChI is InChI=1S/C16H22N2O/c1-3-17-11-14-7-4-5-8-15(14)12-18(2)13-16-9-6-10-19-16/h4-10,17H,3,11-13H2,1-2H3. The summed E-state index contributed by atoms with van der Waals surface area (Å²) in [6, 6.07) is 12.5. The monoisotopic (exact) mass is 258 g/mol. The molecule has 1 aromatic heterocycles. The van der Waals surface area contributed by atoms with E-state index in [1.807, 2.05) is 12.1 Å². The number of nitrogens with one attached hydrogen (secondary N) is 1. The topological polar surface area (TPSA) is 28.4 Å². The highest BCUT2D eigenvalue weighted by atomic mass is 16.3. The fourth-order valence-corrected chi connectivity index (χ4v) is 2.16. The van der Waals surface area contributed by atoms with Gasteiger partial charge in [-0.05, 0) is 36.9 Å². The summed E-state index contributed by atoms with van der Waals surface area (Å²) in [6.45, 7) is 5.83. The van der Waals surface area contributed by atoms with Crippen LogP contribution in [0.2, 0.25) is 0 Å². The molecular formula is C16H22N2O. The molecule has 1 N–H and O–H groups in total. The van der Waals surface area contributed by atoms with Crippen molar-refractivity contribution in [3.8, 4) is 0 Å². The number of rotatable bonds is 7. The quantitative estimate of drug-likeness (QED) is 0.827. The molecule has 2 aromatic rings. The van der Waals surface area contributed by atoms with Crippen LogP contribution in [0.4, 0.5) is 0 Å². The minimum atomic E-state index is 0.836. The van der Waals surface area contributed by atoms with Gasteiger partial charge in [0.25, 0.3) is 0 Å². The minimum absolute atomic E-state index is 0.836. The Kier molecular flexibility index (Phi) is 5.19. The van der Waals surface area contributed by atoms with Crippen molar-refractivity contribution >= 4 is 0 Å². The average Bonchev–Trinajstić information content (AvgIpc) is 2.90. The summed E-state index contributed by atoms with van der Waals surface area (Å²) in [5.41, 5.74) is 2.74. The molecule has 0 bridgehead atoms. The summed E-state index contributed by atoms with van der Waals surface area (Å²) in [6.07, 6.45) is 1.72. The van der Waals surface area contributed by atoms with Crippen LogP contribution in [0.3, 0.4) is 0 Å². The maximum Gasteiger partial charge on any atom is 0.117 e. The molecule has 3 heteroatoms. The van der Waals surface area contributed by atoms with Crippen LogP contribution >= 0.6 is 0 Å². The third kappa shape index (κ3) is 4.23. The fraction of sp³-hybridized carbons (Fsp3) is 0.375. The Morgan fingerprint density at radius 3 is 2.53 bits per heavy atom. The normalized spacial score (nSPS) is 11.1. The molecule has 3 nitrogen and oxygen atoms in total. The van der Waals surface area contributed by atoms with Crippen molar-refractivity contribution in [3.63, 3.8) is 0 Å². The SMILES string of the molecule is CCNCc1ccccc1CN(C)Cc1ccco1. The molecule has 0 saturated heterocycles. The van der Waals surface area contributed by atoms with Gasteiger partial charge in [-0.25, -0.2) is 0 Å². The smallest absolute Gasteiger partial charge is 0.117 e. The number of furan rings is 1. The van der Waals surface area contributed by atoms with E-state index in [1.54, 1.807) is 6.26 Å². The molecule has 19 heavy (non-hydrogen) atoms. The van der Waals surface area contributed by atoms with Crippen LogP contribution in [0.25, 0.3) is 0 Å². The first kappa shape index (κ1) is 13.8. The van der Waals surface area contributed by atoms with E-state index in [9.17, 15) is 0 Å². The number of hydrogen-bond donors (Lipinski definition) is 1. The van der Waals surface area contributed by atoms with Crippen LogP contribution < -0.4 is 5.32 Å². The maximum atomic E-state index is 5.38. The van der Waals surface area contributed by atoms with Gasteiger partial charge in [-0.1, -0.05) is 31.2 Å². The van der Waals surface area contributed by atoms with Gasteiger partial charge in [-0.3, -0.25) is 4.90 Å². The Hall–Kier alpha value is -1.58. The fourth-order valence-electron chi connectivity index (χ4n) is 2.16. The molecule has 2 rings (SSSR count). The summed E-state index contributed by atoms with van der Waals surface area (Å²) in [5.74, 6) is 1.01. The largest absolute Gasteiger partial charge is 0.468 e. The van der Waals surface area contributed by atoms with Gasteiger partial charge in [0.15, 0.2) is 0 Å². The lowest BCUT2D eigenvalue weighted by molar-refractivity contribution is 0.287. The highest BCUT2D eigenvalue weighted by molar-refractivity contribution is 5.27. The first-order valence-corrected chi connectivity index (χ1v) is 6.78. The zero-order valence-electron chi connectivity index (χ0n) is 11.7. The highest BCUT2D eigenvalue weighted by Crippen LogP contribution is 2.13. The lowest BCUT2D eigenvalue weighted by Crippen LogP contribution is -2.19. The molecule has 0 unspecified atom stereocenters. The first-order valence-electron chi connectivity index (χ1n) is 6.78. The van der Waals surface area contributed by atoms with Crippen molar-refractivity contribution in [1.29, 1.82) is 0 Å². The molecule has 0 aliphatic carbocycles. The lowest BCUT2D eigenvalue weighted by Gasteiger charge is -2.18. The molecule has 102 valence electrons. The van der Waals surface area contributed by atoms with Gasteiger partial charge in [0.05, 0.1) is 12.8 Å². The van der Waals surface area contributed by atoms with Crippen molar-refractivity contribution in [2.75, 3.05) is 13.6 Å². The summed E-state index contributed by atoms with van der Waals surface area (Å²) in [4.78, 5) is 2.27. The van der Waals surface area contributed by atoms with Crippen LogP contribution in [0, 0.1) is 0 Å². The minimum Gasteiger partial charge on any atom is -0.468 e. The molecule has 0 amide bonds. The molecule has 1 heterocycles. The van der Waals surface area contributed by atoms with Crippen LogP contribution in [0.1, 0.15) is 23.8 Å². The van der Waals surface area contributed by atoms with Crippen LogP contribution in [-0.4, -0.2) is 18.5 Å². The number of benzene rings is 1. The predicted molar refractivity (Wildman–Crippen MR) is 77.7 cm³/mol. The summed E-state index contributed by atoms with van der Waals surface area (Å²) in [7, 11) is 2.12. The Bertz CT molecular complexity index is 479. The number of nitrogens with zero attached hydrogens (tertiary/aromatic N) is 1. The molecule has 0 aliphatic rings. The van der Waals surface area contributed by atoms with Gasteiger partial charge in [-0.15, -0.1) is 0 Å². The third-order valence-corrected chi connectivity index (χ3v) is 3.13. The third-order valence-electron chi connectivity index (χ3n) is 3.13. The van der Waals surface area contributed by atoms with Gasteiger partial charge in [0.2, 0.25) is 0 Å². The van der Waals surface area contributed by atoms with Gasteiger partial charge in [0.1, 0.15) is 5.76 Å². The van der Waals surface area contributed by atoms with Gasteiger partial charge < -0.3 is 9.73 Å². The van der Waals surface area contributed by atoms with Crippen molar-refractivity contribution in [2.45, 2.75) is 26.6 Å². The van der Waals surface area contributed by atoms with Gasteiger partial charge >= 0.3 is 0 Å². The molecular weight excluding hydrogens is 236 g/mol. The van der Waals surface area contributed by atoms with E-state index in [2.05, 4.69) is 48.5 Å². The second-order valence-electron chi connectivity index (χ2n) is 4.80. The van der Waals surface area contributed by atoms with E-state index >= 15 is 0 Å². The molecule has 0 spiro atoms. The Balaban J connectivity index is 1.97. The van der Waals surface area contributed by atoms with Gasteiger partial charge in [-0.2, -0.15) is 0 Å². The second kappa shape index (κ2) is 7.12. The first-order chi connectivity index (χ1) is 9.29. The van der Waals surface area contributed by atoms with E-state index in [0.717, 1.165) is 31.9 Å². The highest BCUT2D eigenvalue weighted by Gasteiger charge is 2.07. The zero-order valence-corrected chi connectivity index (χ0v) is 11.7. The van der Waals surface area contributed by atoms with Crippen molar-refractivity contribution in [2.24, 2.45) is 0 Å². The van der Waals surface area contributed by atoms with Crippen molar-refractivity contribution in [3.05, 3.63) is 59.5 Å². The summed E-state index contributed by atoms with van der Waals surface area (Å²) >= 11 is 0. The van der Waals surface area contributed by atoms with E-state index in [4.69, 9.17) is 4.42 Å². The summed E-state index contributed by atoms with van der Waals surface area (Å²) in [5, 5.41) is 3.39. The lowest BCUT2D eigenvalue weighted by atomic mass is 10.1. The Morgan fingerprint density at radius 2 is 1.84 bits per heavy atom. The maximum absolute atomic E-state index is 5.38. The Labute approximate surface area is 115 Å². The molecule has 0 aliphatic heterocycles. The van der Waals surface area contributed by atoms with E-state index in [1.165, 1.54) is 11.1 Å². The molecule has 1 aromatic carbocycles. The second-order valence-corrected chi connectivity index (χ2v) is 4.80. The van der Waals surface area contributed by atoms with E-state index in [-0.39, 0.29) is 0 Å². The zero-order chi connectivity index (χ0) is 13.5. The van der Waals surface area contributed by atoms with Crippen LogP contribution in [-0.2, 0) is 19.6 Å². The van der Waals surface area contributed by atoms with Crippen molar-refractivity contribution in [1.82, 2.24) is 10.2 Å². The van der Waals surface area contributed by atoms with Gasteiger partial charge in [0, 0.05) is 13.1 Å². The molecule has 0 radical (unpaired) electrons. The summed E-state index contributed by atoms with van der Waals surface area (Å²) < 4.78 is 5.38. The number of hydrogen-bond acceptors (Lipinski definition) is 3. The predicted octanol–water partition coefficient (Wildman–Crippen LogP) is 3.02. The van der Waals surface area contributed by atoms with Crippen LogP contribution in [0.5, 0.6) is 0 Å². The molecule has 0 saturated carbocycles. The van der Waals surface area contributed by atoms with Crippen molar-refractivity contribution < 1.29 is 4.42 Å².